The van der Waals surface area contributed by atoms with Crippen molar-refractivity contribution in [2.75, 3.05) is 17.3 Å². The quantitative estimate of drug-likeness (QED) is 0.759. The lowest BCUT2D eigenvalue weighted by atomic mass is 10.1. The molecule has 0 radical (unpaired) electrons. The largest absolute Gasteiger partial charge is 0.355 e. The molecule has 1 N–H and O–H groups in total. The van der Waals surface area contributed by atoms with E-state index in [1.807, 2.05) is 62.2 Å². The van der Waals surface area contributed by atoms with Crippen molar-refractivity contribution in [1.82, 2.24) is 9.97 Å². The van der Waals surface area contributed by atoms with E-state index in [0.29, 0.717) is 18.1 Å². The molecule has 3 aromatic rings. The summed E-state index contributed by atoms with van der Waals surface area (Å²) in [6.45, 7) is 4.65. The van der Waals surface area contributed by atoms with E-state index in [2.05, 4.69) is 27.4 Å². The zero-order valence-electron chi connectivity index (χ0n) is 15.2. The van der Waals surface area contributed by atoms with Gasteiger partial charge in [-0.05, 0) is 30.5 Å². The van der Waals surface area contributed by atoms with E-state index in [1.165, 1.54) is 11.9 Å². The van der Waals surface area contributed by atoms with Crippen LogP contribution < -0.4 is 10.2 Å². The summed E-state index contributed by atoms with van der Waals surface area (Å²) in [6, 6.07) is 17.8. The first-order valence-electron chi connectivity index (χ1n) is 8.49. The van der Waals surface area contributed by atoms with Crippen molar-refractivity contribution in [2.24, 2.45) is 0 Å². The maximum atomic E-state index is 12.6. The molecule has 0 saturated carbocycles. The molecule has 0 spiro atoms. The Morgan fingerprint density at radius 1 is 1.00 bits per heavy atom. The fraction of sp³-hybridized carbons (Fsp3) is 0.190. The van der Waals surface area contributed by atoms with Crippen molar-refractivity contribution in [3.63, 3.8) is 0 Å². The average molecular weight is 346 g/mol. The summed E-state index contributed by atoms with van der Waals surface area (Å²) in [4.78, 5) is 23.1. The molecule has 0 unspecified atom stereocenters. The number of rotatable bonds is 5. The molecule has 2 aromatic carbocycles. The second-order valence-electron chi connectivity index (χ2n) is 6.32. The minimum absolute atomic E-state index is 0.237. The van der Waals surface area contributed by atoms with Crippen LogP contribution in [-0.2, 0) is 6.54 Å². The van der Waals surface area contributed by atoms with Crippen LogP contribution in [0, 0.1) is 13.8 Å². The van der Waals surface area contributed by atoms with Crippen LogP contribution >= 0.6 is 0 Å². The standard InChI is InChI=1S/C21H22N4O/c1-15-8-7-9-16(2)20(15)24-21(26)18-12-19(23-14-22-18)25(3)13-17-10-5-4-6-11-17/h4-12,14H,13H2,1-3H3,(H,24,26). The van der Waals surface area contributed by atoms with Crippen molar-refractivity contribution in [2.45, 2.75) is 20.4 Å². The van der Waals surface area contributed by atoms with Crippen LogP contribution in [0.4, 0.5) is 11.5 Å². The van der Waals surface area contributed by atoms with E-state index in [0.717, 1.165) is 16.8 Å². The number of carbonyl (C=O) groups is 1. The van der Waals surface area contributed by atoms with Gasteiger partial charge in [-0.2, -0.15) is 0 Å². The Morgan fingerprint density at radius 2 is 1.69 bits per heavy atom. The molecule has 0 saturated heterocycles. The zero-order valence-corrected chi connectivity index (χ0v) is 15.2. The van der Waals surface area contributed by atoms with Crippen LogP contribution in [0.5, 0.6) is 0 Å². The van der Waals surface area contributed by atoms with E-state index in [1.54, 1.807) is 6.07 Å². The molecule has 1 heterocycles. The first kappa shape index (κ1) is 17.6. The van der Waals surface area contributed by atoms with Crippen LogP contribution in [-0.4, -0.2) is 22.9 Å². The van der Waals surface area contributed by atoms with E-state index in [9.17, 15) is 4.79 Å². The number of aromatic nitrogens is 2. The van der Waals surface area contributed by atoms with E-state index >= 15 is 0 Å². The van der Waals surface area contributed by atoms with Crippen molar-refractivity contribution < 1.29 is 4.79 Å². The number of amides is 1. The van der Waals surface area contributed by atoms with Crippen molar-refractivity contribution in [3.05, 3.63) is 83.3 Å². The molecule has 0 aliphatic heterocycles. The molecule has 0 aliphatic rings. The van der Waals surface area contributed by atoms with Crippen molar-refractivity contribution in [1.29, 1.82) is 0 Å². The Bertz CT molecular complexity index is 889. The van der Waals surface area contributed by atoms with Gasteiger partial charge < -0.3 is 10.2 Å². The smallest absolute Gasteiger partial charge is 0.274 e. The van der Waals surface area contributed by atoms with Crippen LogP contribution in [0.1, 0.15) is 27.2 Å². The molecule has 0 fully saturated rings. The Morgan fingerprint density at radius 3 is 2.38 bits per heavy atom. The third-order valence-corrected chi connectivity index (χ3v) is 4.26. The molecule has 0 bridgehead atoms. The van der Waals surface area contributed by atoms with Crippen LogP contribution in [0.25, 0.3) is 0 Å². The van der Waals surface area contributed by atoms with Crippen molar-refractivity contribution >= 4 is 17.4 Å². The zero-order chi connectivity index (χ0) is 18.5. The summed E-state index contributed by atoms with van der Waals surface area (Å²) in [5.41, 5.74) is 4.39. The van der Waals surface area contributed by atoms with Crippen LogP contribution in [0.2, 0.25) is 0 Å². The molecular formula is C21H22N4O. The highest BCUT2D eigenvalue weighted by molar-refractivity contribution is 6.04. The molecule has 132 valence electrons. The number of benzene rings is 2. The molecule has 0 aliphatic carbocycles. The number of carbonyl (C=O) groups excluding carboxylic acids is 1. The van der Waals surface area contributed by atoms with E-state index in [4.69, 9.17) is 0 Å². The van der Waals surface area contributed by atoms with Crippen LogP contribution in [0.3, 0.4) is 0 Å². The Balaban J connectivity index is 1.77. The van der Waals surface area contributed by atoms with Gasteiger partial charge in [-0.15, -0.1) is 0 Å². The topological polar surface area (TPSA) is 58.1 Å². The Labute approximate surface area is 153 Å². The lowest BCUT2D eigenvalue weighted by Gasteiger charge is -2.18. The summed E-state index contributed by atoms with van der Waals surface area (Å²) in [5, 5.41) is 2.96. The van der Waals surface area contributed by atoms with Crippen molar-refractivity contribution in [3.8, 4) is 0 Å². The minimum atomic E-state index is -0.237. The van der Waals surface area contributed by atoms with Gasteiger partial charge in [0, 0.05) is 25.3 Å². The third kappa shape index (κ3) is 4.06. The Kier molecular flexibility index (Phi) is 5.27. The second kappa shape index (κ2) is 7.78. The normalized spacial score (nSPS) is 10.4. The van der Waals surface area contributed by atoms with Gasteiger partial charge >= 0.3 is 0 Å². The average Bonchev–Trinajstić information content (AvgIpc) is 2.65. The lowest BCUT2D eigenvalue weighted by Crippen LogP contribution is -2.20. The highest BCUT2D eigenvalue weighted by Crippen LogP contribution is 2.20. The fourth-order valence-corrected chi connectivity index (χ4v) is 2.81. The van der Waals surface area contributed by atoms with E-state index < -0.39 is 0 Å². The fourth-order valence-electron chi connectivity index (χ4n) is 2.81. The molecule has 3 rings (SSSR count). The minimum Gasteiger partial charge on any atom is -0.355 e. The van der Waals surface area contributed by atoms with Gasteiger partial charge in [0.2, 0.25) is 0 Å². The number of aryl methyl sites for hydroxylation is 2. The molecule has 0 atom stereocenters. The first-order chi connectivity index (χ1) is 12.5. The maximum absolute atomic E-state index is 12.6. The predicted molar refractivity (Wildman–Crippen MR) is 104 cm³/mol. The number of para-hydroxylation sites is 1. The van der Waals surface area contributed by atoms with Gasteiger partial charge in [-0.3, -0.25) is 4.79 Å². The summed E-state index contributed by atoms with van der Waals surface area (Å²) in [7, 11) is 1.95. The van der Waals surface area contributed by atoms with Gasteiger partial charge in [0.25, 0.3) is 5.91 Å². The molecule has 5 heteroatoms. The van der Waals surface area contributed by atoms with Gasteiger partial charge in [0.05, 0.1) is 0 Å². The third-order valence-electron chi connectivity index (χ3n) is 4.26. The number of hydrogen-bond donors (Lipinski definition) is 1. The Hall–Kier alpha value is -3.21. The molecule has 5 nitrogen and oxygen atoms in total. The molecule has 1 aromatic heterocycles. The van der Waals surface area contributed by atoms with E-state index in [-0.39, 0.29) is 5.91 Å². The predicted octanol–water partition coefficient (Wildman–Crippen LogP) is 3.98. The summed E-state index contributed by atoms with van der Waals surface area (Å²) in [6.07, 6.45) is 1.43. The summed E-state index contributed by atoms with van der Waals surface area (Å²) < 4.78 is 0. The number of nitrogens with one attached hydrogen (secondary N) is 1. The summed E-state index contributed by atoms with van der Waals surface area (Å²) in [5.74, 6) is 0.467. The molecular weight excluding hydrogens is 324 g/mol. The number of hydrogen-bond acceptors (Lipinski definition) is 4. The second-order valence-corrected chi connectivity index (χ2v) is 6.32. The van der Waals surface area contributed by atoms with Gasteiger partial charge in [-0.1, -0.05) is 48.5 Å². The van der Waals surface area contributed by atoms with Crippen LogP contribution in [0.15, 0.2) is 60.9 Å². The molecule has 26 heavy (non-hydrogen) atoms. The van der Waals surface area contributed by atoms with Gasteiger partial charge in [0.15, 0.2) is 0 Å². The highest BCUT2D eigenvalue weighted by Gasteiger charge is 2.13. The summed E-state index contributed by atoms with van der Waals surface area (Å²) >= 11 is 0. The highest BCUT2D eigenvalue weighted by atomic mass is 16.1. The monoisotopic (exact) mass is 346 g/mol. The lowest BCUT2D eigenvalue weighted by molar-refractivity contribution is 0.102. The maximum Gasteiger partial charge on any atom is 0.274 e. The number of nitrogens with zero attached hydrogens (tertiary/aromatic N) is 3. The molecule has 1 amide bonds. The van der Waals surface area contributed by atoms with Gasteiger partial charge in [-0.25, -0.2) is 9.97 Å². The van der Waals surface area contributed by atoms with Gasteiger partial charge in [0.1, 0.15) is 17.8 Å². The number of anilines is 2. The first-order valence-corrected chi connectivity index (χ1v) is 8.49. The SMILES string of the molecule is Cc1cccc(C)c1NC(=O)c1cc(N(C)Cc2ccccc2)ncn1.